The van der Waals surface area contributed by atoms with Crippen LogP contribution in [0, 0.1) is 5.82 Å². The van der Waals surface area contributed by atoms with Gasteiger partial charge >= 0.3 is 6.18 Å². The van der Waals surface area contributed by atoms with E-state index in [1.54, 1.807) is 0 Å². The molecule has 0 saturated carbocycles. The number of alkyl halides is 3. The summed E-state index contributed by atoms with van der Waals surface area (Å²) in [5.41, 5.74) is 0.339. The Morgan fingerprint density at radius 2 is 1.94 bits per heavy atom. The van der Waals surface area contributed by atoms with E-state index in [4.69, 9.17) is 5.11 Å². The summed E-state index contributed by atoms with van der Waals surface area (Å²) in [6.45, 7) is -2.49. The molecule has 0 aliphatic carbocycles. The van der Waals surface area contributed by atoms with E-state index >= 15 is 0 Å². The number of ether oxygens (including phenoxy) is 2. The predicted molar refractivity (Wildman–Crippen MR) is 49.8 cm³/mol. The maximum atomic E-state index is 13.2. The monoisotopic (exact) mass is 254 g/mol. The van der Waals surface area contributed by atoms with Gasteiger partial charge in [0.2, 0.25) is 0 Å². The van der Waals surface area contributed by atoms with Gasteiger partial charge in [-0.3, -0.25) is 0 Å². The molecule has 0 heterocycles. The molecule has 0 bridgehead atoms. The Kier molecular flexibility index (Phi) is 4.71. The van der Waals surface area contributed by atoms with E-state index in [9.17, 15) is 17.6 Å². The van der Waals surface area contributed by atoms with Gasteiger partial charge in [0.05, 0.1) is 6.61 Å². The number of rotatable bonds is 5. The van der Waals surface area contributed by atoms with Crippen molar-refractivity contribution in [1.82, 2.24) is 0 Å². The second-order valence-electron chi connectivity index (χ2n) is 3.15. The number of benzene rings is 1. The van der Waals surface area contributed by atoms with Crippen molar-refractivity contribution in [3.05, 3.63) is 29.6 Å². The molecule has 0 aromatic heterocycles. The van der Waals surface area contributed by atoms with Crippen molar-refractivity contribution < 1.29 is 32.1 Å². The maximum Gasteiger partial charge on any atom is 0.411 e. The Bertz CT molecular complexity index is 365. The van der Waals surface area contributed by atoms with Gasteiger partial charge in [0.1, 0.15) is 6.61 Å². The van der Waals surface area contributed by atoms with E-state index in [1.807, 2.05) is 0 Å². The zero-order valence-electron chi connectivity index (χ0n) is 8.63. The van der Waals surface area contributed by atoms with E-state index in [1.165, 1.54) is 12.1 Å². The normalized spacial score (nSPS) is 11.6. The average molecular weight is 254 g/mol. The Hall–Kier alpha value is -1.34. The molecule has 0 fully saturated rings. The minimum atomic E-state index is -4.44. The molecule has 1 aromatic rings. The van der Waals surface area contributed by atoms with Gasteiger partial charge in [0, 0.05) is 0 Å². The summed E-state index contributed by atoms with van der Waals surface area (Å²) in [5, 5.41) is 8.70. The summed E-state index contributed by atoms with van der Waals surface area (Å²) in [6.07, 6.45) is -4.44. The summed E-state index contributed by atoms with van der Waals surface area (Å²) in [4.78, 5) is 0. The smallest absolute Gasteiger partial charge is 0.411 e. The van der Waals surface area contributed by atoms with Crippen molar-refractivity contribution in [2.45, 2.75) is 12.8 Å². The summed E-state index contributed by atoms with van der Waals surface area (Å²) >= 11 is 0. The molecule has 0 spiro atoms. The number of hydrogen-bond donors (Lipinski definition) is 1. The first-order chi connectivity index (χ1) is 7.92. The summed E-state index contributed by atoms with van der Waals surface area (Å²) in [5.74, 6) is -1.00. The molecule has 0 amide bonds. The molecule has 1 aromatic carbocycles. The van der Waals surface area contributed by atoms with Gasteiger partial charge in [-0.15, -0.1) is 0 Å². The fourth-order valence-corrected chi connectivity index (χ4v) is 1.02. The van der Waals surface area contributed by atoms with Crippen LogP contribution < -0.4 is 4.74 Å². The molecule has 0 unspecified atom stereocenters. The lowest BCUT2D eigenvalue weighted by atomic mass is 10.2. The van der Waals surface area contributed by atoms with E-state index in [0.717, 1.165) is 6.07 Å². The van der Waals surface area contributed by atoms with Crippen LogP contribution in [-0.4, -0.2) is 24.7 Å². The molecular formula is C10H10F4O3. The second kappa shape index (κ2) is 5.83. The van der Waals surface area contributed by atoms with Gasteiger partial charge < -0.3 is 14.6 Å². The SMILES string of the molecule is OCc1ccc(OCOCC(F)(F)F)c(F)c1. The van der Waals surface area contributed by atoms with Gasteiger partial charge in [-0.05, 0) is 17.7 Å². The zero-order valence-corrected chi connectivity index (χ0v) is 8.63. The van der Waals surface area contributed by atoms with Crippen molar-refractivity contribution in [2.75, 3.05) is 13.4 Å². The largest absolute Gasteiger partial charge is 0.464 e. The average Bonchev–Trinajstić information content (AvgIpc) is 2.24. The highest BCUT2D eigenvalue weighted by Gasteiger charge is 2.27. The number of hydrogen-bond acceptors (Lipinski definition) is 3. The Morgan fingerprint density at radius 1 is 1.24 bits per heavy atom. The highest BCUT2D eigenvalue weighted by atomic mass is 19.4. The van der Waals surface area contributed by atoms with E-state index < -0.39 is 25.4 Å². The summed E-state index contributed by atoms with van der Waals surface area (Å²) in [6, 6.07) is 3.62. The fourth-order valence-electron chi connectivity index (χ4n) is 1.02. The number of aliphatic hydroxyl groups excluding tert-OH is 1. The van der Waals surface area contributed by atoms with Gasteiger partial charge in [0.25, 0.3) is 0 Å². The topological polar surface area (TPSA) is 38.7 Å². The zero-order chi connectivity index (χ0) is 12.9. The molecule has 17 heavy (non-hydrogen) atoms. The quantitative estimate of drug-likeness (QED) is 0.497. The van der Waals surface area contributed by atoms with Gasteiger partial charge in [0.15, 0.2) is 18.4 Å². The standard InChI is InChI=1S/C10H10F4O3/c11-8-3-7(4-15)1-2-9(8)17-6-16-5-10(12,13)14/h1-3,15H,4-6H2. The molecule has 7 heteroatoms. The molecule has 0 aliphatic rings. The van der Waals surface area contributed by atoms with Crippen molar-refractivity contribution in [2.24, 2.45) is 0 Å². The second-order valence-corrected chi connectivity index (χ2v) is 3.15. The lowest BCUT2D eigenvalue weighted by Gasteiger charge is -2.10. The molecule has 0 aliphatic heterocycles. The molecule has 0 radical (unpaired) electrons. The van der Waals surface area contributed by atoms with Crippen LogP contribution in [0.15, 0.2) is 18.2 Å². The van der Waals surface area contributed by atoms with Crippen LogP contribution in [0.2, 0.25) is 0 Å². The minimum absolute atomic E-state index is 0.232. The lowest BCUT2D eigenvalue weighted by Crippen LogP contribution is -2.19. The number of halogens is 4. The highest BCUT2D eigenvalue weighted by Crippen LogP contribution is 2.19. The molecule has 0 saturated heterocycles. The summed E-state index contributed by atoms with van der Waals surface area (Å²) in [7, 11) is 0. The van der Waals surface area contributed by atoms with E-state index in [0.29, 0.717) is 5.56 Å². The van der Waals surface area contributed by atoms with Gasteiger partial charge in [-0.25, -0.2) is 4.39 Å². The molecule has 96 valence electrons. The van der Waals surface area contributed by atoms with Crippen LogP contribution in [-0.2, 0) is 11.3 Å². The van der Waals surface area contributed by atoms with Gasteiger partial charge in [-0.1, -0.05) is 6.07 Å². The van der Waals surface area contributed by atoms with Crippen molar-refractivity contribution in [3.63, 3.8) is 0 Å². The van der Waals surface area contributed by atoms with E-state index in [-0.39, 0.29) is 12.4 Å². The first-order valence-electron chi connectivity index (χ1n) is 4.59. The Balaban J connectivity index is 2.42. The minimum Gasteiger partial charge on any atom is -0.464 e. The van der Waals surface area contributed by atoms with Gasteiger partial charge in [-0.2, -0.15) is 13.2 Å². The molecule has 0 atom stereocenters. The van der Waals surface area contributed by atoms with Crippen LogP contribution in [0.4, 0.5) is 17.6 Å². The van der Waals surface area contributed by atoms with Crippen LogP contribution in [0.5, 0.6) is 5.75 Å². The van der Waals surface area contributed by atoms with Crippen LogP contribution in [0.25, 0.3) is 0 Å². The lowest BCUT2D eigenvalue weighted by molar-refractivity contribution is -0.187. The highest BCUT2D eigenvalue weighted by molar-refractivity contribution is 5.28. The maximum absolute atomic E-state index is 13.2. The molecule has 1 rings (SSSR count). The van der Waals surface area contributed by atoms with Crippen molar-refractivity contribution in [3.8, 4) is 5.75 Å². The third kappa shape index (κ3) is 5.01. The Labute approximate surface area is 94.6 Å². The van der Waals surface area contributed by atoms with Crippen LogP contribution in [0.1, 0.15) is 5.56 Å². The molecule has 1 N–H and O–H groups in total. The first-order valence-corrected chi connectivity index (χ1v) is 4.59. The summed E-state index contributed by atoms with van der Waals surface area (Å²) < 4.78 is 57.0. The predicted octanol–water partition coefficient (Wildman–Crippen LogP) is 2.23. The van der Waals surface area contributed by atoms with E-state index in [2.05, 4.69) is 9.47 Å². The third-order valence-electron chi connectivity index (χ3n) is 1.74. The van der Waals surface area contributed by atoms with Crippen molar-refractivity contribution >= 4 is 0 Å². The number of aliphatic hydroxyl groups is 1. The van der Waals surface area contributed by atoms with Crippen molar-refractivity contribution in [1.29, 1.82) is 0 Å². The van der Waals surface area contributed by atoms with Crippen LogP contribution in [0.3, 0.4) is 0 Å². The molecule has 3 nitrogen and oxygen atoms in total. The van der Waals surface area contributed by atoms with Crippen LogP contribution >= 0.6 is 0 Å². The first kappa shape index (κ1) is 13.7. The fraction of sp³-hybridized carbons (Fsp3) is 0.400. The molecular weight excluding hydrogens is 244 g/mol. The third-order valence-corrected chi connectivity index (χ3v) is 1.74. The Morgan fingerprint density at radius 3 is 2.47 bits per heavy atom.